The van der Waals surface area contributed by atoms with Crippen molar-refractivity contribution in [3.63, 3.8) is 0 Å². The molecule has 0 radical (unpaired) electrons. The first kappa shape index (κ1) is 19.6. The van der Waals surface area contributed by atoms with Crippen LogP contribution in [0.2, 0.25) is 0 Å². The highest BCUT2D eigenvalue weighted by Crippen LogP contribution is 2.25. The predicted octanol–water partition coefficient (Wildman–Crippen LogP) is 1.98. The van der Waals surface area contributed by atoms with Gasteiger partial charge in [0.15, 0.2) is 0 Å². The molecule has 22 heavy (non-hydrogen) atoms. The SMILES string of the molecule is CC.CC(=O)NCCNC(=O)C(C)c1ccccc1[N+](=O)[O-]. The van der Waals surface area contributed by atoms with E-state index in [4.69, 9.17) is 0 Å². The molecule has 0 aromatic heterocycles. The van der Waals surface area contributed by atoms with E-state index in [1.807, 2.05) is 13.8 Å². The zero-order valence-electron chi connectivity index (χ0n) is 13.4. The zero-order valence-corrected chi connectivity index (χ0v) is 13.4. The van der Waals surface area contributed by atoms with Gasteiger partial charge >= 0.3 is 0 Å². The molecule has 0 aliphatic carbocycles. The molecule has 0 heterocycles. The Morgan fingerprint density at radius 2 is 1.73 bits per heavy atom. The molecule has 0 bridgehead atoms. The van der Waals surface area contributed by atoms with Crippen LogP contribution in [0.15, 0.2) is 24.3 Å². The quantitative estimate of drug-likeness (QED) is 0.476. The highest BCUT2D eigenvalue weighted by molar-refractivity contribution is 5.84. The van der Waals surface area contributed by atoms with Gasteiger partial charge in [-0.3, -0.25) is 19.7 Å². The first-order valence-electron chi connectivity index (χ1n) is 7.19. The number of nitrogens with one attached hydrogen (secondary N) is 2. The van der Waals surface area contributed by atoms with Gasteiger partial charge in [0.2, 0.25) is 11.8 Å². The van der Waals surface area contributed by atoms with Crippen LogP contribution in [0.3, 0.4) is 0 Å². The summed E-state index contributed by atoms with van der Waals surface area (Å²) in [6, 6.07) is 6.15. The lowest BCUT2D eigenvalue weighted by atomic mass is 9.98. The lowest BCUT2D eigenvalue weighted by Crippen LogP contribution is -2.35. The van der Waals surface area contributed by atoms with Crippen molar-refractivity contribution in [3.05, 3.63) is 39.9 Å². The second-order valence-electron chi connectivity index (χ2n) is 4.31. The number of nitrogens with zero attached hydrogens (tertiary/aromatic N) is 1. The van der Waals surface area contributed by atoms with Gasteiger partial charge in [0.1, 0.15) is 0 Å². The van der Waals surface area contributed by atoms with Gasteiger partial charge in [0.25, 0.3) is 5.69 Å². The fraction of sp³-hybridized carbons (Fsp3) is 0.467. The Balaban J connectivity index is 0.00000211. The van der Waals surface area contributed by atoms with Crippen LogP contribution in [0.5, 0.6) is 0 Å². The van der Waals surface area contributed by atoms with E-state index in [-0.39, 0.29) is 24.0 Å². The van der Waals surface area contributed by atoms with Gasteiger partial charge < -0.3 is 10.6 Å². The Labute approximate surface area is 130 Å². The van der Waals surface area contributed by atoms with Crippen LogP contribution in [-0.4, -0.2) is 29.8 Å². The molecule has 2 N–H and O–H groups in total. The number of hydrogen-bond donors (Lipinski definition) is 2. The monoisotopic (exact) mass is 309 g/mol. The van der Waals surface area contributed by atoms with Crippen molar-refractivity contribution >= 4 is 17.5 Å². The standard InChI is InChI=1S/C13H17N3O4.C2H6/c1-9(13(18)15-8-7-14-10(2)17)11-5-3-4-6-12(11)16(19)20;1-2/h3-6,9H,7-8H2,1-2H3,(H,14,17)(H,15,18);1-2H3. The minimum absolute atomic E-state index is 0.0722. The Kier molecular flexibility index (Phi) is 9.17. The van der Waals surface area contributed by atoms with E-state index < -0.39 is 10.8 Å². The molecule has 0 saturated carbocycles. The molecule has 0 saturated heterocycles. The zero-order chi connectivity index (χ0) is 17.1. The van der Waals surface area contributed by atoms with E-state index in [1.165, 1.54) is 13.0 Å². The van der Waals surface area contributed by atoms with Crippen LogP contribution in [0.4, 0.5) is 5.69 Å². The van der Waals surface area contributed by atoms with E-state index in [9.17, 15) is 19.7 Å². The third kappa shape index (κ3) is 6.34. The molecule has 0 fully saturated rings. The summed E-state index contributed by atoms with van der Waals surface area (Å²) in [4.78, 5) is 33.0. The van der Waals surface area contributed by atoms with Gasteiger partial charge in [-0.15, -0.1) is 0 Å². The molecule has 0 spiro atoms. The number of benzene rings is 1. The van der Waals surface area contributed by atoms with Gasteiger partial charge in [-0.25, -0.2) is 0 Å². The molecule has 1 aromatic carbocycles. The largest absolute Gasteiger partial charge is 0.355 e. The molecule has 1 unspecified atom stereocenters. The molecule has 122 valence electrons. The third-order valence-corrected chi connectivity index (χ3v) is 2.79. The number of nitro groups is 1. The van der Waals surface area contributed by atoms with Crippen molar-refractivity contribution in [1.29, 1.82) is 0 Å². The van der Waals surface area contributed by atoms with Gasteiger partial charge in [0.05, 0.1) is 10.8 Å². The summed E-state index contributed by atoms with van der Waals surface area (Å²) in [5.41, 5.74) is 0.298. The second kappa shape index (κ2) is 10.3. The van der Waals surface area contributed by atoms with Gasteiger partial charge in [0, 0.05) is 31.6 Å². The summed E-state index contributed by atoms with van der Waals surface area (Å²) < 4.78 is 0. The van der Waals surface area contributed by atoms with Crippen molar-refractivity contribution < 1.29 is 14.5 Å². The van der Waals surface area contributed by atoms with Crippen molar-refractivity contribution in [1.82, 2.24) is 10.6 Å². The number of carbonyl (C=O) groups excluding carboxylic acids is 2. The lowest BCUT2D eigenvalue weighted by Gasteiger charge is -2.12. The number of amides is 2. The minimum atomic E-state index is -0.631. The van der Waals surface area contributed by atoms with Gasteiger partial charge in [-0.2, -0.15) is 0 Å². The maximum absolute atomic E-state index is 11.9. The Morgan fingerprint density at radius 1 is 1.18 bits per heavy atom. The molecule has 0 aliphatic heterocycles. The summed E-state index contributed by atoms with van der Waals surface area (Å²) >= 11 is 0. The average Bonchev–Trinajstić information content (AvgIpc) is 2.52. The summed E-state index contributed by atoms with van der Waals surface area (Å²) in [5.74, 6) is -1.12. The fourth-order valence-corrected chi connectivity index (χ4v) is 1.74. The topological polar surface area (TPSA) is 101 Å². The fourth-order valence-electron chi connectivity index (χ4n) is 1.74. The van der Waals surface area contributed by atoms with Gasteiger partial charge in [-0.1, -0.05) is 32.0 Å². The first-order chi connectivity index (χ1) is 10.4. The van der Waals surface area contributed by atoms with Gasteiger partial charge in [-0.05, 0) is 6.92 Å². The number of rotatable bonds is 6. The highest BCUT2D eigenvalue weighted by Gasteiger charge is 2.23. The van der Waals surface area contributed by atoms with E-state index in [0.717, 1.165) is 0 Å². The summed E-state index contributed by atoms with van der Waals surface area (Å²) in [7, 11) is 0. The van der Waals surface area contributed by atoms with Crippen molar-refractivity contribution in [2.24, 2.45) is 0 Å². The van der Waals surface area contributed by atoms with E-state index in [0.29, 0.717) is 12.1 Å². The van der Waals surface area contributed by atoms with Crippen LogP contribution >= 0.6 is 0 Å². The average molecular weight is 309 g/mol. The lowest BCUT2D eigenvalue weighted by molar-refractivity contribution is -0.385. The number of nitro benzene ring substituents is 1. The van der Waals surface area contributed by atoms with E-state index in [2.05, 4.69) is 10.6 Å². The number of hydrogen-bond acceptors (Lipinski definition) is 4. The molecule has 1 atom stereocenters. The molecular weight excluding hydrogens is 286 g/mol. The second-order valence-corrected chi connectivity index (χ2v) is 4.31. The Bertz CT molecular complexity index is 517. The van der Waals surface area contributed by atoms with Crippen LogP contribution in [0.25, 0.3) is 0 Å². The van der Waals surface area contributed by atoms with Crippen molar-refractivity contribution in [3.8, 4) is 0 Å². The normalized spacial score (nSPS) is 10.7. The van der Waals surface area contributed by atoms with Crippen LogP contribution in [0.1, 0.15) is 39.2 Å². The maximum Gasteiger partial charge on any atom is 0.273 e. The van der Waals surface area contributed by atoms with Crippen LogP contribution in [0, 0.1) is 10.1 Å². The predicted molar refractivity (Wildman–Crippen MR) is 84.6 cm³/mol. The summed E-state index contributed by atoms with van der Waals surface area (Å²) in [6.07, 6.45) is 0. The smallest absolute Gasteiger partial charge is 0.273 e. The Hall–Kier alpha value is -2.44. The third-order valence-electron chi connectivity index (χ3n) is 2.79. The highest BCUT2D eigenvalue weighted by atomic mass is 16.6. The Morgan fingerprint density at radius 3 is 2.27 bits per heavy atom. The summed E-state index contributed by atoms with van der Waals surface area (Å²) in [5, 5.41) is 16.1. The summed E-state index contributed by atoms with van der Waals surface area (Å²) in [6.45, 7) is 7.60. The van der Waals surface area contributed by atoms with Crippen molar-refractivity contribution in [2.75, 3.05) is 13.1 Å². The molecule has 1 aromatic rings. The van der Waals surface area contributed by atoms with Crippen LogP contribution < -0.4 is 10.6 Å². The molecule has 0 aliphatic rings. The minimum Gasteiger partial charge on any atom is -0.355 e. The molecule has 1 rings (SSSR count). The van der Waals surface area contributed by atoms with Crippen LogP contribution in [-0.2, 0) is 9.59 Å². The van der Waals surface area contributed by atoms with E-state index >= 15 is 0 Å². The number of carbonyl (C=O) groups is 2. The molecule has 7 heteroatoms. The van der Waals surface area contributed by atoms with Crippen molar-refractivity contribution in [2.45, 2.75) is 33.6 Å². The number of para-hydroxylation sites is 1. The van der Waals surface area contributed by atoms with E-state index in [1.54, 1.807) is 25.1 Å². The molecular formula is C15H23N3O4. The maximum atomic E-state index is 11.9. The first-order valence-corrected chi connectivity index (χ1v) is 7.19. The molecule has 7 nitrogen and oxygen atoms in total. The molecule has 2 amide bonds.